The zero-order valence-electron chi connectivity index (χ0n) is 13.8. The fourth-order valence-electron chi connectivity index (χ4n) is 4.78. The van der Waals surface area contributed by atoms with Crippen molar-refractivity contribution in [3.63, 3.8) is 0 Å². The third-order valence-corrected chi connectivity index (χ3v) is 6.00. The van der Waals surface area contributed by atoms with Gasteiger partial charge in [-0.05, 0) is 55.2 Å². The summed E-state index contributed by atoms with van der Waals surface area (Å²) in [5.74, 6) is -8.95. The average molecular weight is 346 g/mol. The van der Waals surface area contributed by atoms with Crippen LogP contribution < -0.4 is 0 Å². The lowest BCUT2D eigenvalue weighted by atomic mass is 9.88. The van der Waals surface area contributed by atoms with Crippen molar-refractivity contribution in [2.24, 2.45) is 17.8 Å². The fourth-order valence-corrected chi connectivity index (χ4v) is 4.78. The minimum atomic E-state index is -3.00. The molecule has 0 amide bonds. The van der Waals surface area contributed by atoms with Crippen LogP contribution in [-0.2, 0) is 0 Å². The first-order valence-corrected chi connectivity index (χ1v) is 8.86. The molecule has 1 aromatic carbocycles. The van der Waals surface area contributed by atoms with Gasteiger partial charge < -0.3 is 0 Å². The summed E-state index contributed by atoms with van der Waals surface area (Å²) in [6, 6.07) is 1.48. The zero-order chi connectivity index (χ0) is 17.5. The van der Waals surface area contributed by atoms with Gasteiger partial charge in [-0.2, -0.15) is 0 Å². The van der Waals surface area contributed by atoms with Crippen molar-refractivity contribution in [1.29, 1.82) is 0 Å². The largest absolute Gasteiger partial charge is 0.257 e. The van der Waals surface area contributed by atoms with E-state index in [9.17, 15) is 22.0 Å². The second kappa shape index (κ2) is 6.64. The molecule has 2 aliphatic carbocycles. The highest BCUT2D eigenvalue weighted by Gasteiger charge is 2.57. The molecular formula is C19H23F5. The molecule has 2 saturated carbocycles. The summed E-state index contributed by atoms with van der Waals surface area (Å²) < 4.78 is 69.9. The Kier molecular flexibility index (Phi) is 4.89. The van der Waals surface area contributed by atoms with Crippen LogP contribution in [-0.4, -0.2) is 5.92 Å². The maximum absolute atomic E-state index is 14.9. The van der Waals surface area contributed by atoms with Crippen LogP contribution in [0.5, 0.6) is 0 Å². The van der Waals surface area contributed by atoms with Crippen LogP contribution in [0.25, 0.3) is 0 Å². The minimum Gasteiger partial charge on any atom is -0.206 e. The molecule has 134 valence electrons. The highest BCUT2D eigenvalue weighted by Crippen LogP contribution is 2.58. The van der Waals surface area contributed by atoms with E-state index in [2.05, 4.69) is 6.92 Å². The van der Waals surface area contributed by atoms with Gasteiger partial charge in [-0.3, -0.25) is 0 Å². The summed E-state index contributed by atoms with van der Waals surface area (Å²) >= 11 is 0. The lowest BCUT2D eigenvalue weighted by molar-refractivity contribution is -0.0624. The lowest BCUT2D eigenvalue weighted by Gasteiger charge is -2.26. The topological polar surface area (TPSA) is 0 Å². The summed E-state index contributed by atoms with van der Waals surface area (Å²) in [4.78, 5) is 0. The monoisotopic (exact) mass is 346 g/mol. The van der Waals surface area contributed by atoms with Crippen LogP contribution >= 0.6 is 0 Å². The van der Waals surface area contributed by atoms with Crippen molar-refractivity contribution in [3.8, 4) is 0 Å². The van der Waals surface area contributed by atoms with E-state index in [-0.39, 0.29) is 17.9 Å². The Labute approximate surface area is 139 Å². The number of halogens is 5. The lowest BCUT2D eigenvalue weighted by Crippen LogP contribution is -2.30. The van der Waals surface area contributed by atoms with E-state index in [1.807, 2.05) is 0 Å². The molecule has 4 atom stereocenters. The Bertz CT molecular complexity index is 574. The molecule has 0 bridgehead atoms. The van der Waals surface area contributed by atoms with Crippen molar-refractivity contribution >= 4 is 0 Å². The number of alkyl halides is 2. The molecule has 24 heavy (non-hydrogen) atoms. The Hall–Kier alpha value is -1.13. The predicted octanol–water partition coefficient (Wildman–Crippen LogP) is 6.45. The van der Waals surface area contributed by atoms with Gasteiger partial charge in [-0.1, -0.05) is 26.2 Å². The maximum Gasteiger partial charge on any atom is 0.257 e. The molecule has 4 unspecified atom stereocenters. The number of hydrogen-bond acceptors (Lipinski definition) is 0. The quantitative estimate of drug-likeness (QED) is 0.436. The Morgan fingerprint density at radius 1 is 1.00 bits per heavy atom. The molecular weight excluding hydrogens is 323 g/mol. The molecule has 5 heteroatoms. The van der Waals surface area contributed by atoms with E-state index in [0.29, 0.717) is 12.3 Å². The smallest absolute Gasteiger partial charge is 0.206 e. The number of fused-ring (bicyclic) bond motifs is 1. The summed E-state index contributed by atoms with van der Waals surface area (Å²) in [5, 5.41) is 0. The molecule has 2 aliphatic rings. The molecule has 1 aromatic rings. The first-order chi connectivity index (χ1) is 11.3. The van der Waals surface area contributed by atoms with Crippen LogP contribution in [0.3, 0.4) is 0 Å². The van der Waals surface area contributed by atoms with E-state index in [0.717, 1.165) is 44.2 Å². The van der Waals surface area contributed by atoms with Crippen LogP contribution in [0.4, 0.5) is 22.0 Å². The van der Waals surface area contributed by atoms with Gasteiger partial charge in [0.15, 0.2) is 17.5 Å². The molecule has 2 fully saturated rings. The molecule has 0 N–H and O–H groups in total. The Morgan fingerprint density at radius 3 is 2.25 bits per heavy atom. The van der Waals surface area contributed by atoms with E-state index < -0.39 is 35.2 Å². The molecule has 0 aromatic heterocycles. The molecule has 0 aliphatic heterocycles. The zero-order valence-corrected chi connectivity index (χ0v) is 13.8. The van der Waals surface area contributed by atoms with E-state index in [1.54, 1.807) is 0 Å². The third-order valence-electron chi connectivity index (χ3n) is 6.00. The maximum atomic E-state index is 14.9. The van der Waals surface area contributed by atoms with Crippen molar-refractivity contribution in [2.45, 2.75) is 63.7 Å². The van der Waals surface area contributed by atoms with Gasteiger partial charge >= 0.3 is 0 Å². The second-order valence-electron chi connectivity index (χ2n) is 7.44. The van der Waals surface area contributed by atoms with Crippen LogP contribution in [0.1, 0.15) is 63.4 Å². The number of benzene rings is 1. The van der Waals surface area contributed by atoms with Crippen molar-refractivity contribution in [1.82, 2.24) is 0 Å². The van der Waals surface area contributed by atoms with Crippen LogP contribution in [0.2, 0.25) is 0 Å². The minimum absolute atomic E-state index is 0.116. The van der Waals surface area contributed by atoms with Gasteiger partial charge in [0.25, 0.3) is 5.92 Å². The van der Waals surface area contributed by atoms with Crippen molar-refractivity contribution in [3.05, 3.63) is 35.1 Å². The Morgan fingerprint density at radius 2 is 1.62 bits per heavy atom. The summed E-state index contributed by atoms with van der Waals surface area (Å²) in [6.45, 7) is 2.11. The molecule has 0 nitrogen and oxygen atoms in total. The van der Waals surface area contributed by atoms with Crippen LogP contribution in [0, 0.1) is 35.2 Å². The summed E-state index contributed by atoms with van der Waals surface area (Å²) in [5.41, 5.74) is -0.116. The van der Waals surface area contributed by atoms with E-state index in [1.165, 1.54) is 0 Å². The van der Waals surface area contributed by atoms with Gasteiger partial charge in [-0.15, -0.1) is 0 Å². The average Bonchev–Trinajstić information content (AvgIpc) is 2.66. The van der Waals surface area contributed by atoms with Crippen molar-refractivity contribution in [2.75, 3.05) is 0 Å². The highest BCUT2D eigenvalue weighted by molar-refractivity contribution is 5.27. The molecule has 0 spiro atoms. The third kappa shape index (κ3) is 3.06. The summed E-state index contributed by atoms with van der Waals surface area (Å²) in [6.07, 6.45) is 5.31. The van der Waals surface area contributed by atoms with Gasteiger partial charge in [0.1, 0.15) is 0 Å². The standard InChI is InChI=1S/C19H23F5/c1-2-3-11-4-6-12-8-15(19(23,24)14(12)7-5-11)13-9-16(20)18(22)17(21)10-13/h9-12,14-15H,2-8H2,1H3. The van der Waals surface area contributed by atoms with Crippen molar-refractivity contribution < 1.29 is 22.0 Å². The van der Waals surface area contributed by atoms with Gasteiger partial charge in [0.05, 0.1) is 0 Å². The SMILES string of the molecule is CCCC1CCC2CC(c3cc(F)c(F)c(F)c3)C(F)(F)C2CC1. The van der Waals surface area contributed by atoms with Gasteiger partial charge in [0, 0.05) is 11.8 Å². The molecule has 3 rings (SSSR count). The predicted molar refractivity (Wildman–Crippen MR) is 82.5 cm³/mol. The molecule has 0 saturated heterocycles. The van der Waals surface area contributed by atoms with E-state index >= 15 is 0 Å². The van der Waals surface area contributed by atoms with E-state index in [4.69, 9.17) is 0 Å². The number of rotatable bonds is 3. The summed E-state index contributed by atoms with van der Waals surface area (Å²) in [7, 11) is 0. The first-order valence-electron chi connectivity index (χ1n) is 8.86. The van der Waals surface area contributed by atoms with Gasteiger partial charge in [0.2, 0.25) is 0 Å². The molecule has 0 heterocycles. The first kappa shape index (κ1) is 17.7. The van der Waals surface area contributed by atoms with Gasteiger partial charge in [-0.25, -0.2) is 22.0 Å². The molecule has 0 radical (unpaired) electrons. The normalized spacial score (nSPS) is 32.4. The second-order valence-corrected chi connectivity index (χ2v) is 7.44. The highest BCUT2D eigenvalue weighted by atomic mass is 19.3. The number of hydrogen-bond donors (Lipinski definition) is 0. The van der Waals surface area contributed by atoms with Crippen LogP contribution in [0.15, 0.2) is 12.1 Å². The fraction of sp³-hybridized carbons (Fsp3) is 0.684. The Balaban J connectivity index is 1.84.